The number of hydrogen-bond donors (Lipinski definition) is 1. The van der Waals surface area contributed by atoms with Gasteiger partial charge in [-0.05, 0) is 54.8 Å². The summed E-state index contributed by atoms with van der Waals surface area (Å²) in [6.07, 6.45) is 2.51. The van der Waals surface area contributed by atoms with Crippen molar-refractivity contribution in [2.24, 2.45) is 0 Å². The minimum absolute atomic E-state index is 0.241. The van der Waals surface area contributed by atoms with Crippen LogP contribution in [0, 0.1) is 0 Å². The maximum atomic E-state index is 11.8. The van der Waals surface area contributed by atoms with Gasteiger partial charge in [0.05, 0.1) is 16.1 Å². The van der Waals surface area contributed by atoms with Gasteiger partial charge in [-0.3, -0.25) is 9.69 Å². The number of hydrogen-bond acceptors (Lipinski definition) is 2. The van der Waals surface area contributed by atoms with E-state index in [1.165, 1.54) is 0 Å². The average Bonchev–Trinajstić information content (AvgIpc) is 2.59. The van der Waals surface area contributed by atoms with Crippen LogP contribution in [0.25, 0.3) is 0 Å². The van der Waals surface area contributed by atoms with Crippen molar-refractivity contribution in [2.75, 3.05) is 6.54 Å². The van der Waals surface area contributed by atoms with E-state index in [2.05, 4.69) is 0 Å². The molecule has 1 N–H and O–H groups in total. The van der Waals surface area contributed by atoms with E-state index < -0.39 is 12.0 Å². The van der Waals surface area contributed by atoms with Crippen LogP contribution >= 0.6 is 34.8 Å². The molecule has 2 aromatic rings. The molecule has 0 saturated carbocycles. The molecule has 25 heavy (non-hydrogen) atoms. The van der Waals surface area contributed by atoms with Crippen molar-refractivity contribution in [1.82, 2.24) is 4.90 Å². The third-order valence-corrected chi connectivity index (χ3v) is 5.56. The Morgan fingerprint density at radius 1 is 1.04 bits per heavy atom. The summed E-state index contributed by atoms with van der Waals surface area (Å²) in [5, 5.41) is 11.2. The molecular weight excluding hydrogens is 381 g/mol. The van der Waals surface area contributed by atoms with Gasteiger partial charge in [0.15, 0.2) is 0 Å². The summed E-state index contributed by atoms with van der Waals surface area (Å²) in [6, 6.07) is 12.2. The molecule has 2 aromatic carbocycles. The predicted octanol–water partition coefficient (Wildman–Crippen LogP) is 5.68. The minimum Gasteiger partial charge on any atom is -0.480 e. The van der Waals surface area contributed by atoms with Crippen LogP contribution < -0.4 is 0 Å². The fourth-order valence-electron chi connectivity index (χ4n) is 3.46. The Bertz CT molecular complexity index is 781. The highest BCUT2D eigenvalue weighted by molar-refractivity contribution is 6.42. The Kier molecular flexibility index (Phi) is 5.90. The third kappa shape index (κ3) is 4.12. The first-order chi connectivity index (χ1) is 12.0. The molecule has 0 bridgehead atoms. The van der Waals surface area contributed by atoms with E-state index in [4.69, 9.17) is 34.8 Å². The fraction of sp³-hybridized carbons (Fsp3) is 0.316. The Balaban J connectivity index is 2.10. The number of piperidine rings is 1. The lowest BCUT2D eigenvalue weighted by Crippen LogP contribution is -2.46. The van der Waals surface area contributed by atoms with Gasteiger partial charge in [0.1, 0.15) is 6.04 Å². The van der Waals surface area contributed by atoms with E-state index >= 15 is 0 Å². The lowest BCUT2D eigenvalue weighted by molar-refractivity contribution is -0.145. The third-order valence-electron chi connectivity index (χ3n) is 4.58. The highest BCUT2D eigenvalue weighted by Gasteiger charge is 2.35. The van der Waals surface area contributed by atoms with Crippen LogP contribution in [0.1, 0.15) is 36.4 Å². The number of carbonyl (C=O) groups is 1. The van der Waals surface area contributed by atoms with Crippen molar-refractivity contribution in [3.05, 3.63) is 68.7 Å². The lowest BCUT2D eigenvalue weighted by Gasteiger charge is -2.39. The summed E-state index contributed by atoms with van der Waals surface area (Å²) in [7, 11) is 0. The summed E-state index contributed by atoms with van der Waals surface area (Å²) in [5.41, 5.74) is 1.85. The summed E-state index contributed by atoms with van der Waals surface area (Å²) in [5.74, 6) is -0.799. The van der Waals surface area contributed by atoms with Crippen LogP contribution in [0.2, 0.25) is 15.1 Å². The van der Waals surface area contributed by atoms with Crippen LogP contribution in [0.3, 0.4) is 0 Å². The Morgan fingerprint density at radius 3 is 2.48 bits per heavy atom. The van der Waals surface area contributed by atoms with Gasteiger partial charge in [0, 0.05) is 5.02 Å². The maximum absolute atomic E-state index is 11.8. The van der Waals surface area contributed by atoms with Crippen molar-refractivity contribution >= 4 is 40.8 Å². The van der Waals surface area contributed by atoms with Gasteiger partial charge in [0.25, 0.3) is 0 Å². The molecule has 132 valence electrons. The predicted molar refractivity (Wildman–Crippen MR) is 102 cm³/mol. The molecule has 1 saturated heterocycles. The number of likely N-dealkylation sites (tertiary alicyclic amines) is 1. The maximum Gasteiger partial charge on any atom is 0.320 e. The Labute approximate surface area is 162 Å². The molecular formula is C19H18Cl3NO2. The highest BCUT2D eigenvalue weighted by Crippen LogP contribution is 2.37. The van der Waals surface area contributed by atoms with Gasteiger partial charge >= 0.3 is 5.97 Å². The van der Waals surface area contributed by atoms with Gasteiger partial charge < -0.3 is 5.11 Å². The molecule has 2 atom stereocenters. The zero-order valence-corrected chi connectivity index (χ0v) is 15.7. The largest absolute Gasteiger partial charge is 0.480 e. The van der Waals surface area contributed by atoms with Crippen LogP contribution in [-0.2, 0) is 4.79 Å². The van der Waals surface area contributed by atoms with Gasteiger partial charge in [-0.1, -0.05) is 59.4 Å². The second-order valence-electron chi connectivity index (χ2n) is 6.22. The standard InChI is InChI=1S/C19H18Cl3NO2/c20-14-5-3-4-12(10-14)18(13-7-8-15(21)16(22)11-13)23-9-2-1-6-17(23)19(24)25/h3-5,7-8,10-11,17-18H,1-2,6,9H2,(H,24,25). The summed E-state index contributed by atoms with van der Waals surface area (Å²) < 4.78 is 0. The number of carboxylic acids is 1. The first-order valence-electron chi connectivity index (χ1n) is 8.16. The lowest BCUT2D eigenvalue weighted by atomic mass is 9.92. The van der Waals surface area contributed by atoms with Crippen molar-refractivity contribution in [2.45, 2.75) is 31.3 Å². The monoisotopic (exact) mass is 397 g/mol. The molecule has 0 radical (unpaired) electrons. The van der Waals surface area contributed by atoms with E-state index in [1.807, 2.05) is 41.3 Å². The molecule has 1 aliphatic rings. The molecule has 1 fully saturated rings. The first-order valence-corrected chi connectivity index (χ1v) is 9.29. The van der Waals surface area contributed by atoms with Crippen molar-refractivity contribution in [3.8, 4) is 0 Å². The molecule has 0 spiro atoms. The van der Waals surface area contributed by atoms with Crippen molar-refractivity contribution < 1.29 is 9.90 Å². The first kappa shape index (κ1) is 18.5. The van der Waals surface area contributed by atoms with Gasteiger partial charge in [0.2, 0.25) is 0 Å². The number of halogens is 3. The molecule has 0 amide bonds. The molecule has 1 heterocycles. The number of aliphatic carboxylic acids is 1. The number of nitrogens with zero attached hydrogens (tertiary/aromatic N) is 1. The topological polar surface area (TPSA) is 40.5 Å². The summed E-state index contributed by atoms with van der Waals surface area (Å²) >= 11 is 18.5. The average molecular weight is 399 g/mol. The fourth-order valence-corrected chi connectivity index (χ4v) is 3.97. The minimum atomic E-state index is -0.799. The van der Waals surface area contributed by atoms with Crippen LogP contribution in [0.15, 0.2) is 42.5 Å². The molecule has 3 rings (SSSR count). The van der Waals surface area contributed by atoms with Crippen LogP contribution in [-0.4, -0.2) is 28.6 Å². The van der Waals surface area contributed by atoms with Gasteiger partial charge in [-0.15, -0.1) is 0 Å². The molecule has 2 unspecified atom stereocenters. The smallest absolute Gasteiger partial charge is 0.320 e. The van der Waals surface area contributed by atoms with Crippen molar-refractivity contribution in [1.29, 1.82) is 0 Å². The number of carboxylic acid groups (broad SMARTS) is 1. The van der Waals surface area contributed by atoms with E-state index in [0.717, 1.165) is 24.0 Å². The van der Waals surface area contributed by atoms with Crippen LogP contribution in [0.4, 0.5) is 0 Å². The van der Waals surface area contributed by atoms with E-state index in [1.54, 1.807) is 6.07 Å². The molecule has 6 heteroatoms. The zero-order chi connectivity index (χ0) is 18.0. The SMILES string of the molecule is O=C(O)C1CCCCN1C(c1cccc(Cl)c1)c1ccc(Cl)c(Cl)c1. The van der Waals surface area contributed by atoms with Crippen molar-refractivity contribution in [3.63, 3.8) is 0 Å². The molecule has 3 nitrogen and oxygen atoms in total. The number of rotatable bonds is 4. The highest BCUT2D eigenvalue weighted by atomic mass is 35.5. The quantitative estimate of drug-likeness (QED) is 0.720. The summed E-state index contributed by atoms with van der Waals surface area (Å²) in [6.45, 7) is 0.703. The van der Waals surface area contributed by atoms with Gasteiger partial charge in [-0.25, -0.2) is 0 Å². The van der Waals surface area contributed by atoms with Gasteiger partial charge in [-0.2, -0.15) is 0 Å². The number of benzene rings is 2. The normalized spacial score (nSPS) is 19.6. The second kappa shape index (κ2) is 7.96. The molecule has 0 aromatic heterocycles. The second-order valence-corrected chi connectivity index (χ2v) is 7.47. The molecule has 1 aliphatic heterocycles. The Morgan fingerprint density at radius 2 is 1.80 bits per heavy atom. The van der Waals surface area contributed by atoms with E-state index in [9.17, 15) is 9.90 Å². The van der Waals surface area contributed by atoms with E-state index in [0.29, 0.717) is 28.0 Å². The van der Waals surface area contributed by atoms with Crippen LogP contribution in [0.5, 0.6) is 0 Å². The summed E-state index contributed by atoms with van der Waals surface area (Å²) in [4.78, 5) is 13.8. The zero-order valence-electron chi connectivity index (χ0n) is 13.5. The molecule has 0 aliphatic carbocycles. The Hall–Kier alpha value is -1.26. The van der Waals surface area contributed by atoms with E-state index in [-0.39, 0.29) is 6.04 Å².